The molecule has 1 fully saturated rings. The van der Waals surface area contributed by atoms with E-state index < -0.39 is 0 Å². The first-order valence-corrected chi connectivity index (χ1v) is 10.0. The summed E-state index contributed by atoms with van der Waals surface area (Å²) in [5, 5.41) is 12.3. The molecule has 1 atom stereocenters. The highest BCUT2D eigenvalue weighted by molar-refractivity contribution is 6.31. The molecule has 3 heterocycles. The second-order valence-electron chi connectivity index (χ2n) is 7.26. The lowest BCUT2D eigenvalue weighted by Gasteiger charge is -2.32. The summed E-state index contributed by atoms with van der Waals surface area (Å²) in [5.74, 6) is 0.687. The quantitative estimate of drug-likeness (QED) is 0.695. The Kier molecular flexibility index (Phi) is 5.71. The van der Waals surface area contributed by atoms with E-state index in [9.17, 15) is 4.79 Å². The molecule has 0 bridgehead atoms. The number of anilines is 2. The maximum atomic E-state index is 12.8. The summed E-state index contributed by atoms with van der Waals surface area (Å²) in [6, 6.07) is 13.3. The van der Waals surface area contributed by atoms with Crippen LogP contribution in [0.25, 0.3) is 11.3 Å². The highest BCUT2D eigenvalue weighted by Gasteiger charge is 2.27. The van der Waals surface area contributed by atoms with E-state index in [1.54, 1.807) is 18.5 Å². The van der Waals surface area contributed by atoms with Crippen LogP contribution in [0, 0.1) is 12.8 Å². The molecule has 1 aliphatic heterocycles. The van der Waals surface area contributed by atoms with Crippen LogP contribution in [0.4, 0.5) is 11.5 Å². The summed E-state index contributed by atoms with van der Waals surface area (Å²) in [7, 11) is 0. The molecule has 0 radical (unpaired) electrons. The van der Waals surface area contributed by atoms with Gasteiger partial charge in [-0.15, -0.1) is 10.2 Å². The fraction of sp³-hybridized carbons (Fsp3) is 0.273. The molecule has 1 aliphatic rings. The topological polar surface area (TPSA) is 71.0 Å². The molecule has 148 valence electrons. The van der Waals surface area contributed by atoms with Gasteiger partial charge in [0.15, 0.2) is 5.82 Å². The first kappa shape index (κ1) is 19.3. The Morgan fingerprint density at radius 1 is 1.21 bits per heavy atom. The minimum atomic E-state index is -0.108. The third-order valence-corrected chi connectivity index (χ3v) is 5.57. The van der Waals surface area contributed by atoms with Crippen LogP contribution in [0.3, 0.4) is 0 Å². The van der Waals surface area contributed by atoms with Gasteiger partial charge in [-0.25, -0.2) is 0 Å². The van der Waals surface area contributed by atoms with Gasteiger partial charge in [0.25, 0.3) is 0 Å². The fourth-order valence-electron chi connectivity index (χ4n) is 3.48. The van der Waals surface area contributed by atoms with Gasteiger partial charge in [-0.05, 0) is 61.7 Å². The third-order valence-electron chi connectivity index (χ3n) is 5.16. The number of piperidine rings is 1. The normalized spacial score (nSPS) is 16.5. The molecule has 4 rings (SSSR count). The average Bonchev–Trinajstić information content (AvgIpc) is 2.77. The van der Waals surface area contributed by atoms with Crippen molar-refractivity contribution in [3.05, 3.63) is 65.4 Å². The predicted octanol–water partition coefficient (Wildman–Crippen LogP) is 4.36. The lowest BCUT2D eigenvalue weighted by Crippen LogP contribution is -2.41. The molecule has 29 heavy (non-hydrogen) atoms. The average molecular weight is 408 g/mol. The number of aromatic nitrogens is 3. The number of hydrogen-bond donors (Lipinski definition) is 1. The monoisotopic (exact) mass is 407 g/mol. The molecule has 0 saturated carbocycles. The Morgan fingerprint density at radius 2 is 2.10 bits per heavy atom. The summed E-state index contributed by atoms with van der Waals surface area (Å²) in [6.07, 6.45) is 5.28. The van der Waals surface area contributed by atoms with Crippen LogP contribution in [0.5, 0.6) is 0 Å². The van der Waals surface area contributed by atoms with Gasteiger partial charge in [0.05, 0.1) is 11.6 Å². The molecule has 6 nitrogen and oxygen atoms in total. The summed E-state index contributed by atoms with van der Waals surface area (Å²) < 4.78 is 0. The number of carbonyl (C=O) groups is 1. The summed E-state index contributed by atoms with van der Waals surface area (Å²) in [4.78, 5) is 19.0. The molecule has 1 amide bonds. The van der Waals surface area contributed by atoms with Crippen LogP contribution in [0.15, 0.2) is 54.9 Å². The van der Waals surface area contributed by atoms with Crippen molar-refractivity contribution in [2.75, 3.05) is 23.3 Å². The van der Waals surface area contributed by atoms with E-state index in [1.165, 1.54) is 0 Å². The molecule has 1 saturated heterocycles. The van der Waals surface area contributed by atoms with E-state index in [0.29, 0.717) is 11.6 Å². The van der Waals surface area contributed by atoms with Crippen LogP contribution < -0.4 is 10.2 Å². The SMILES string of the molecule is Cc1ccc(NC(=O)C2CCCN(c3ccc(-c4cccnc4)nn3)C2)cc1Cl. The number of pyridine rings is 1. The molecular weight excluding hydrogens is 386 g/mol. The first-order valence-electron chi connectivity index (χ1n) is 9.66. The smallest absolute Gasteiger partial charge is 0.229 e. The van der Waals surface area contributed by atoms with Crippen LogP contribution in [-0.2, 0) is 4.79 Å². The minimum absolute atomic E-state index is 0.00885. The number of carbonyl (C=O) groups excluding carboxylic acids is 1. The lowest BCUT2D eigenvalue weighted by atomic mass is 9.97. The van der Waals surface area contributed by atoms with Crippen molar-refractivity contribution in [3.63, 3.8) is 0 Å². The second kappa shape index (κ2) is 8.57. The lowest BCUT2D eigenvalue weighted by molar-refractivity contribution is -0.120. The van der Waals surface area contributed by atoms with Crippen molar-refractivity contribution in [2.45, 2.75) is 19.8 Å². The van der Waals surface area contributed by atoms with Crippen molar-refractivity contribution in [1.82, 2.24) is 15.2 Å². The third kappa shape index (κ3) is 4.54. The van der Waals surface area contributed by atoms with Crippen molar-refractivity contribution in [2.24, 2.45) is 5.92 Å². The number of nitrogens with zero attached hydrogens (tertiary/aromatic N) is 4. The van der Waals surface area contributed by atoms with Crippen LogP contribution in [-0.4, -0.2) is 34.2 Å². The molecule has 7 heteroatoms. The summed E-state index contributed by atoms with van der Waals surface area (Å²) >= 11 is 6.16. The van der Waals surface area contributed by atoms with E-state index >= 15 is 0 Å². The summed E-state index contributed by atoms with van der Waals surface area (Å²) in [6.45, 7) is 3.42. The van der Waals surface area contributed by atoms with E-state index in [2.05, 4.69) is 25.4 Å². The molecule has 1 unspecified atom stereocenters. The Labute approximate surface area is 174 Å². The molecule has 1 N–H and O–H groups in total. The van der Waals surface area contributed by atoms with Crippen molar-refractivity contribution >= 4 is 29.0 Å². The first-order chi connectivity index (χ1) is 14.1. The van der Waals surface area contributed by atoms with Gasteiger partial charge in [-0.2, -0.15) is 0 Å². The Bertz CT molecular complexity index is 994. The van der Waals surface area contributed by atoms with Gasteiger partial charge in [0.2, 0.25) is 5.91 Å². The zero-order chi connectivity index (χ0) is 20.2. The maximum Gasteiger partial charge on any atom is 0.229 e. The molecular formula is C22H22ClN5O. The number of halogens is 1. The second-order valence-corrected chi connectivity index (χ2v) is 7.66. The van der Waals surface area contributed by atoms with Gasteiger partial charge in [-0.3, -0.25) is 9.78 Å². The Balaban J connectivity index is 1.42. The molecule has 3 aromatic rings. The van der Waals surface area contributed by atoms with Crippen molar-refractivity contribution in [3.8, 4) is 11.3 Å². The zero-order valence-electron chi connectivity index (χ0n) is 16.2. The van der Waals surface area contributed by atoms with Crippen LogP contribution >= 0.6 is 11.6 Å². The maximum absolute atomic E-state index is 12.8. The highest BCUT2D eigenvalue weighted by atomic mass is 35.5. The molecule has 0 spiro atoms. The highest BCUT2D eigenvalue weighted by Crippen LogP contribution is 2.25. The Morgan fingerprint density at radius 3 is 2.83 bits per heavy atom. The van der Waals surface area contributed by atoms with Crippen molar-refractivity contribution in [1.29, 1.82) is 0 Å². The number of nitrogens with one attached hydrogen (secondary N) is 1. The van der Waals surface area contributed by atoms with Crippen molar-refractivity contribution < 1.29 is 4.79 Å². The van der Waals surface area contributed by atoms with Gasteiger partial charge in [0.1, 0.15) is 0 Å². The number of rotatable bonds is 4. The minimum Gasteiger partial charge on any atom is -0.354 e. The number of benzene rings is 1. The van der Waals surface area contributed by atoms with Crippen LogP contribution in [0.2, 0.25) is 5.02 Å². The van der Waals surface area contributed by atoms with Crippen LogP contribution in [0.1, 0.15) is 18.4 Å². The number of aryl methyl sites for hydroxylation is 1. The predicted molar refractivity (Wildman–Crippen MR) is 115 cm³/mol. The van der Waals surface area contributed by atoms with Gasteiger partial charge < -0.3 is 10.2 Å². The standard InChI is InChI=1S/C22H22ClN5O/c1-15-6-7-18(12-19(15)23)25-22(29)17-5-3-11-28(14-17)21-9-8-20(26-27-21)16-4-2-10-24-13-16/h2,4,6-10,12-13,17H,3,5,11,14H2,1H3,(H,25,29). The number of amides is 1. The van der Waals surface area contributed by atoms with E-state index in [4.69, 9.17) is 11.6 Å². The fourth-order valence-corrected chi connectivity index (χ4v) is 3.66. The van der Waals surface area contributed by atoms with E-state index in [1.807, 2.05) is 43.3 Å². The molecule has 0 aliphatic carbocycles. The number of hydrogen-bond acceptors (Lipinski definition) is 5. The van der Waals surface area contributed by atoms with Gasteiger partial charge in [-0.1, -0.05) is 17.7 Å². The molecule has 1 aromatic carbocycles. The summed E-state index contributed by atoms with van der Waals surface area (Å²) in [5.41, 5.74) is 3.42. The van der Waals surface area contributed by atoms with Gasteiger partial charge >= 0.3 is 0 Å². The Hall–Kier alpha value is -2.99. The molecule has 2 aromatic heterocycles. The van der Waals surface area contributed by atoms with E-state index in [0.717, 1.165) is 47.7 Å². The van der Waals surface area contributed by atoms with Gasteiger partial charge in [0, 0.05) is 41.8 Å². The largest absolute Gasteiger partial charge is 0.354 e. The zero-order valence-corrected chi connectivity index (χ0v) is 16.9. The van der Waals surface area contributed by atoms with E-state index in [-0.39, 0.29) is 11.8 Å².